The molecule has 2 aromatic rings. The summed E-state index contributed by atoms with van der Waals surface area (Å²) in [5.74, 6) is 0. The molecule has 0 spiro atoms. The summed E-state index contributed by atoms with van der Waals surface area (Å²) in [7, 11) is 0. The summed E-state index contributed by atoms with van der Waals surface area (Å²) in [5, 5.41) is 19.6. The minimum Gasteiger partial charge on any atom is -0.395 e. The van der Waals surface area contributed by atoms with Crippen molar-refractivity contribution in [3.63, 3.8) is 0 Å². The summed E-state index contributed by atoms with van der Waals surface area (Å²) in [6.45, 7) is -0.165. The Labute approximate surface area is 133 Å². The van der Waals surface area contributed by atoms with Crippen LogP contribution >= 0.6 is 43.2 Å². The summed E-state index contributed by atoms with van der Waals surface area (Å²) in [5.41, 5.74) is 0.315. The molecule has 1 heterocycles. The lowest BCUT2D eigenvalue weighted by Crippen LogP contribution is -2.37. The summed E-state index contributed by atoms with van der Waals surface area (Å²) in [4.78, 5) is 1.14. The van der Waals surface area contributed by atoms with E-state index in [1.165, 1.54) is 0 Å². The van der Waals surface area contributed by atoms with Gasteiger partial charge in [-0.3, -0.25) is 0 Å². The molecule has 0 aliphatic carbocycles. The fourth-order valence-corrected chi connectivity index (χ4v) is 3.92. The average Bonchev–Trinajstić information content (AvgIpc) is 2.82. The highest BCUT2D eigenvalue weighted by Gasteiger charge is 2.31. The molecule has 0 aliphatic rings. The van der Waals surface area contributed by atoms with Gasteiger partial charge in [0.1, 0.15) is 0 Å². The van der Waals surface area contributed by atoms with Gasteiger partial charge in [-0.05, 0) is 52.2 Å². The molecule has 2 rings (SSSR count). The summed E-state index contributed by atoms with van der Waals surface area (Å²) in [6.07, 6.45) is 0.623. The van der Waals surface area contributed by atoms with E-state index in [4.69, 9.17) is 0 Å². The molecule has 0 amide bonds. The molecule has 19 heavy (non-hydrogen) atoms. The first kappa shape index (κ1) is 15.2. The van der Waals surface area contributed by atoms with E-state index in [2.05, 4.69) is 31.9 Å². The van der Waals surface area contributed by atoms with Crippen LogP contribution in [-0.4, -0.2) is 23.4 Å². The van der Waals surface area contributed by atoms with Crippen LogP contribution in [0.3, 0.4) is 0 Å². The van der Waals surface area contributed by atoms with Crippen molar-refractivity contribution in [2.24, 2.45) is 0 Å². The lowest BCUT2D eigenvalue weighted by molar-refractivity contribution is 0.117. The molecule has 0 bridgehead atoms. The predicted molar refractivity (Wildman–Crippen MR) is 85.7 cm³/mol. The maximum atomic E-state index is 9.79. The number of halogens is 2. The maximum Gasteiger partial charge on any atom is 0.0701 e. The number of aliphatic hydroxyl groups is 2. The largest absolute Gasteiger partial charge is 0.395 e. The van der Waals surface area contributed by atoms with Crippen molar-refractivity contribution in [1.29, 1.82) is 0 Å². The van der Waals surface area contributed by atoms with Crippen molar-refractivity contribution in [2.45, 2.75) is 11.8 Å². The number of hydrogen-bond donors (Lipinski definition) is 2. The lowest BCUT2D eigenvalue weighted by atomic mass is 9.78. The Hall–Kier alpha value is -0.200. The summed E-state index contributed by atoms with van der Waals surface area (Å²) >= 11 is 8.46. The first-order valence-corrected chi connectivity index (χ1v) is 8.22. The van der Waals surface area contributed by atoms with E-state index in [1.54, 1.807) is 11.3 Å². The van der Waals surface area contributed by atoms with Crippen LogP contribution in [0.25, 0.3) is 0 Å². The second-order valence-corrected chi connectivity index (χ2v) is 7.95. The van der Waals surface area contributed by atoms with E-state index in [1.807, 2.05) is 36.4 Å². The van der Waals surface area contributed by atoms with Crippen molar-refractivity contribution < 1.29 is 10.2 Å². The van der Waals surface area contributed by atoms with E-state index < -0.39 is 5.41 Å². The minimum atomic E-state index is -0.634. The highest BCUT2D eigenvalue weighted by molar-refractivity contribution is 9.11. The first-order chi connectivity index (χ1) is 9.09. The van der Waals surface area contributed by atoms with Gasteiger partial charge in [0, 0.05) is 14.8 Å². The molecule has 0 atom stereocenters. The van der Waals surface area contributed by atoms with Crippen LogP contribution in [-0.2, 0) is 11.8 Å². The van der Waals surface area contributed by atoms with Gasteiger partial charge < -0.3 is 10.2 Å². The fourth-order valence-electron chi connectivity index (χ4n) is 2.03. The van der Waals surface area contributed by atoms with Crippen molar-refractivity contribution in [2.75, 3.05) is 13.2 Å². The quantitative estimate of drug-likeness (QED) is 0.795. The van der Waals surface area contributed by atoms with Crippen molar-refractivity contribution >= 4 is 43.2 Å². The van der Waals surface area contributed by atoms with Gasteiger partial charge in [-0.25, -0.2) is 0 Å². The normalized spacial score (nSPS) is 11.8. The summed E-state index contributed by atoms with van der Waals surface area (Å²) < 4.78 is 2.04. The lowest BCUT2D eigenvalue weighted by Gasteiger charge is -2.30. The van der Waals surface area contributed by atoms with Crippen LogP contribution < -0.4 is 0 Å². The minimum absolute atomic E-state index is 0.0827. The number of aliphatic hydroxyl groups excluding tert-OH is 2. The van der Waals surface area contributed by atoms with Gasteiger partial charge in [0.25, 0.3) is 0 Å². The van der Waals surface area contributed by atoms with Crippen molar-refractivity contribution in [3.8, 4) is 0 Å². The standard InChI is InChI=1S/C14H14Br2O2S/c15-11-3-1-10(2-4-11)14(8-17,9-18)7-12-5-6-13(16)19-12/h1-6,17-18H,7-9H2. The fraction of sp³-hybridized carbons (Fsp3) is 0.286. The highest BCUT2D eigenvalue weighted by atomic mass is 79.9. The molecule has 0 fully saturated rings. The zero-order chi connectivity index (χ0) is 13.9. The molecule has 102 valence electrons. The van der Waals surface area contributed by atoms with Crippen molar-refractivity contribution in [3.05, 3.63) is 55.1 Å². The van der Waals surface area contributed by atoms with Crippen LogP contribution in [0.15, 0.2) is 44.7 Å². The van der Waals surface area contributed by atoms with E-state index in [0.717, 1.165) is 18.7 Å². The second-order valence-electron chi connectivity index (χ2n) is 4.49. The van der Waals surface area contributed by atoms with Gasteiger partial charge in [0.2, 0.25) is 0 Å². The number of benzene rings is 1. The summed E-state index contributed by atoms with van der Waals surface area (Å²) in [6, 6.07) is 11.8. The van der Waals surface area contributed by atoms with E-state index in [0.29, 0.717) is 6.42 Å². The maximum absolute atomic E-state index is 9.79. The zero-order valence-electron chi connectivity index (χ0n) is 10.1. The Balaban J connectivity index is 2.33. The number of hydrogen-bond acceptors (Lipinski definition) is 3. The Morgan fingerprint density at radius 1 is 0.947 bits per heavy atom. The van der Waals surface area contributed by atoms with Crippen molar-refractivity contribution in [1.82, 2.24) is 0 Å². The van der Waals surface area contributed by atoms with Crippen LogP contribution in [0.4, 0.5) is 0 Å². The van der Waals surface area contributed by atoms with Gasteiger partial charge in [-0.15, -0.1) is 11.3 Å². The van der Waals surface area contributed by atoms with Crippen LogP contribution in [0.1, 0.15) is 10.4 Å². The SMILES string of the molecule is OCC(CO)(Cc1ccc(Br)s1)c1ccc(Br)cc1. The average molecular weight is 406 g/mol. The van der Waals surface area contributed by atoms with Gasteiger partial charge in [-0.2, -0.15) is 0 Å². The van der Waals surface area contributed by atoms with Gasteiger partial charge in [0.05, 0.1) is 17.0 Å². The van der Waals surface area contributed by atoms with Crippen LogP contribution in [0, 0.1) is 0 Å². The molecule has 1 aromatic heterocycles. The van der Waals surface area contributed by atoms with Gasteiger partial charge >= 0.3 is 0 Å². The van der Waals surface area contributed by atoms with E-state index in [-0.39, 0.29) is 13.2 Å². The van der Waals surface area contributed by atoms with Gasteiger partial charge in [-0.1, -0.05) is 28.1 Å². The molecule has 0 aliphatic heterocycles. The Morgan fingerprint density at radius 3 is 2.05 bits per heavy atom. The predicted octanol–water partition coefficient (Wildman–Crippen LogP) is 3.74. The van der Waals surface area contributed by atoms with E-state index >= 15 is 0 Å². The molecule has 5 heteroatoms. The molecule has 2 nitrogen and oxygen atoms in total. The molecular weight excluding hydrogens is 392 g/mol. The monoisotopic (exact) mass is 404 g/mol. The Morgan fingerprint density at radius 2 is 1.58 bits per heavy atom. The van der Waals surface area contributed by atoms with Crippen LogP contribution in [0.5, 0.6) is 0 Å². The molecule has 0 saturated carbocycles. The molecule has 2 N–H and O–H groups in total. The molecule has 0 radical (unpaired) electrons. The highest BCUT2D eigenvalue weighted by Crippen LogP contribution is 2.33. The molecule has 0 saturated heterocycles. The topological polar surface area (TPSA) is 40.5 Å². The number of rotatable bonds is 5. The Kier molecular flexibility index (Phi) is 5.20. The molecular formula is C14H14Br2O2S. The molecule has 0 unspecified atom stereocenters. The number of thiophene rings is 1. The smallest absolute Gasteiger partial charge is 0.0701 e. The van der Waals surface area contributed by atoms with Crippen LogP contribution in [0.2, 0.25) is 0 Å². The third kappa shape index (κ3) is 3.47. The third-order valence-electron chi connectivity index (χ3n) is 3.20. The molecule has 1 aromatic carbocycles. The van der Waals surface area contributed by atoms with E-state index in [9.17, 15) is 10.2 Å². The van der Waals surface area contributed by atoms with Gasteiger partial charge in [0.15, 0.2) is 0 Å². The second kappa shape index (κ2) is 6.50. The third-order valence-corrected chi connectivity index (χ3v) is 5.36. The first-order valence-electron chi connectivity index (χ1n) is 5.81. The zero-order valence-corrected chi connectivity index (χ0v) is 14.1. The Bertz CT molecular complexity index is 533.